The maximum atomic E-state index is 4.86. The molecule has 0 fully saturated rings. The number of halogens is 1. The first-order valence-corrected chi connectivity index (χ1v) is 3.04. The van der Waals surface area contributed by atoms with Gasteiger partial charge in [-0.15, -0.1) is 0 Å². The maximum absolute atomic E-state index is 4.86. The molecule has 0 saturated heterocycles. The molecule has 0 aromatic rings. The lowest BCUT2D eigenvalue weighted by Gasteiger charge is -1.97. The summed E-state index contributed by atoms with van der Waals surface area (Å²) in [7, 11) is 1.63. The van der Waals surface area contributed by atoms with Gasteiger partial charge in [0.05, 0.1) is 11.6 Å². The lowest BCUT2D eigenvalue weighted by Crippen LogP contribution is -1.79. The van der Waals surface area contributed by atoms with Gasteiger partial charge in [0, 0.05) is 0 Å². The van der Waals surface area contributed by atoms with E-state index < -0.39 is 0 Å². The van der Waals surface area contributed by atoms with E-state index in [1.807, 2.05) is 6.92 Å². The highest BCUT2D eigenvalue weighted by Crippen LogP contribution is 2.11. The van der Waals surface area contributed by atoms with Gasteiger partial charge in [-0.25, -0.2) is 0 Å². The molecule has 8 heavy (non-hydrogen) atoms. The van der Waals surface area contributed by atoms with Crippen molar-refractivity contribution in [3.8, 4) is 0 Å². The average molecular weight is 177 g/mol. The van der Waals surface area contributed by atoms with Gasteiger partial charge in [0.15, 0.2) is 0 Å². The molecular formula is C6H9BrO. The molecule has 0 rings (SSSR count). The molecule has 2 heteroatoms. The van der Waals surface area contributed by atoms with Gasteiger partial charge < -0.3 is 4.74 Å². The van der Waals surface area contributed by atoms with Gasteiger partial charge in [-0.3, -0.25) is 0 Å². The van der Waals surface area contributed by atoms with E-state index in [0.29, 0.717) is 0 Å². The first-order valence-electron chi connectivity index (χ1n) is 2.25. The van der Waals surface area contributed by atoms with Gasteiger partial charge in [-0.05, 0) is 22.9 Å². The topological polar surface area (TPSA) is 9.23 Å². The molecule has 0 atom stereocenters. The second kappa shape index (κ2) is 3.72. The van der Waals surface area contributed by atoms with Crippen LogP contribution in [0, 0.1) is 0 Å². The number of ether oxygens (including phenoxy) is 1. The Morgan fingerprint density at radius 3 is 2.38 bits per heavy atom. The van der Waals surface area contributed by atoms with E-state index in [1.54, 1.807) is 13.2 Å². The molecule has 0 aromatic carbocycles. The average Bonchev–Trinajstić information content (AvgIpc) is 1.84. The maximum Gasteiger partial charge on any atom is 0.107 e. The monoisotopic (exact) mass is 176 g/mol. The Morgan fingerprint density at radius 2 is 2.25 bits per heavy atom. The molecule has 0 saturated carbocycles. The van der Waals surface area contributed by atoms with Gasteiger partial charge in [0.25, 0.3) is 0 Å². The van der Waals surface area contributed by atoms with Crippen LogP contribution < -0.4 is 0 Å². The lowest BCUT2D eigenvalue weighted by molar-refractivity contribution is 0.293. The molecule has 0 aliphatic heterocycles. The van der Waals surface area contributed by atoms with Crippen LogP contribution in [0.1, 0.15) is 6.92 Å². The largest absolute Gasteiger partial charge is 0.500 e. The third-order valence-electron chi connectivity index (χ3n) is 0.822. The summed E-state index contributed by atoms with van der Waals surface area (Å²) in [5.74, 6) is 0.847. The molecule has 0 radical (unpaired) electrons. The van der Waals surface area contributed by atoms with Crippen molar-refractivity contribution in [2.24, 2.45) is 0 Å². The van der Waals surface area contributed by atoms with Crippen LogP contribution in [-0.2, 0) is 4.74 Å². The predicted molar refractivity (Wildman–Crippen MR) is 38.8 cm³/mol. The van der Waals surface area contributed by atoms with E-state index in [1.165, 1.54) is 0 Å². The van der Waals surface area contributed by atoms with E-state index >= 15 is 0 Å². The van der Waals surface area contributed by atoms with Crippen LogP contribution in [0.3, 0.4) is 0 Å². The van der Waals surface area contributed by atoms with Gasteiger partial charge in [0.1, 0.15) is 5.76 Å². The zero-order chi connectivity index (χ0) is 6.57. The van der Waals surface area contributed by atoms with Crippen molar-refractivity contribution in [3.05, 3.63) is 22.9 Å². The van der Waals surface area contributed by atoms with Gasteiger partial charge in [0.2, 0.25) is 0 Å². The number of rotatable bonds is 2. The van der Waals surface area contributed by atoms with Crippen molar-refractivity contribution in [1.29, 1.82) is 0 Å². The summed E-state index contributed by atoms with van der Waals surface area (Å²) in [5.41, 5.74) is 0. The SMILES string of the molecule is C=CC(Br)=C(C)OC. The minimum Gasteiger partial charge on any atom is -0.500 e. The lowest BCUT2D eigenvalue weighted by atomic mass is 10.5. The van der Waals surface area contributed by atoms with Crippen LogP contribution in [0.25, 0.3) is 0 Å². The van der Waals surface area contributed by atoms with Gasteiger partial charge >= 0.3 is 0 Å². The molecule has 0 amide bonds. The molecule has 0 aliphatic rings. The van der Waals surface area contributed by atoms with Crippen LogP contribution in [0.2, 0.25) is 0 Å². The minimum absolute atomic E-state index is 0.847. The molecule has 0 aliphatic carbocycles. The normalized spacial score (nSPS) is 12.4. The van der Waals surface area contributed by atoms with Crippen LogP contribution in [0.5, 0.6) is 0 Å². The Labute approximate surface area is 58.2 Å². The standard InChI is InChI=1S/C6H9BrO/c1-4-6(7)5(2)8-3/h4H,1H2,2-3H3. The third kappa shape index (κ3) is 2.17. The van der Waals surface area contributed by atoms with E-state index in [4.69, 9.17) is 4.74 Å². The summed E-state index contributed by atoms with van der Waals surface area (Å²) in [5, 5.41) is 0. The van der Waals surface area contributed by atoms with E-state index in [9.17, 15) is 0 Å². The number of methoxy groups -OCH3 is 1. The van der Waals surface area contributed by atoms with E-state index in [2.05, 4.69) is 22.5 Å². The van der Waals surface area contributed by atoms with Crippen molar-refractivity contribution in [2.45, 2.75) is 6.92 Å². The Bertz CT molecular complexity index is 116. The molecule has 0 aromatic heterocycles. The fraction of sp³-hybridized carbons (Fsp3) is 0.333. The third-order valence-corrected chi connectivity index (χ3v) is 1.70. The van der Waals surface area contributed by atoms with Gasteiger partial charge in [-0.2, -0.15) is 0 Å². The Hall–Kier alpha value is -0.240. The molecule has 46 valence electrons. The number of hydrogen-bond acceptors (Lipinski definition) is 1. The molecule has 0 unspecified atom stereocenters. The molecule has 1 nitrogen and oxygen atoms in total. The Balaban J connectivity index is 4.03. The first kappa shape index (κ1) is 7.76. The summed E-state index contributed by atoms with van der Waals surface area (Å²) in [4.78, 5) is 0. The number of hydrogen-bond donors (Lipinski definition) is 0. The zero-order valence-electron chi connectivity index (χ0n) is 5.07. The second-order valence-corrected chi connectivity index (χ2v) is 2.17. The van der Waals surface area contributed by atoms with Crippen molar-refractivity contribution < 1.29 is 4.74 Å². The second-order valence-electron chi connectivity index (χ2n) is 1.31. The van der Waals surface area contributed by atoms with Crippen LogP contribution in [-0.4, -0.2) is 7.11 Å². The molecular weight excluding hydrogens is 168 g/mol. The van der Waals surface area contributed by atoms with Crippen LogP contribution >= 0.6 is 15.9 Å². The molecule has 0 heterocycles. The van der Waals surface area contributed by atoms with Crippen molar-refractivity contribution in [3.63, 3.8) is 0 Å². The number of allylic oxidation sites excluding steroid dienone is 3. The van der Waals surface area contributed by atoms with Crippen molar-refractivity contribution in [2.75, 3.05) is 7.11 Å². The minimum atomic E-state index is 0.847. The highest BCUT2D eigenvalue weighted by Gasteiger charge is 1.89. The van der Waals surface area contributed by atoms with E-state index in [-0.39, 0.29) is 0 Å². The highest BCUT2D eigenvalue weighted by molar-refractivity contribution is 9.11. The Kier molecular flexibility index (Phi) is 3.61. The van der Waals surface area contributed by atoms with E-state index in [0.717, 1.165) is 10.2 Å². The van der Waals surface area contributed by atoms with Crippen molar-refractivity contribution in [1.82, 2.24) is 0 Å². The van der Waals surface area contributed by atoms with Gasteiger partial charge in [-0.1, -0.05) is 12.7 Å². The summed E-state index contributed by atoms with van der Waals surface area (Å²) in [6.45, 7) is 5.41. The van der Waals surface area contributed by atoms with Crippen LogP contribution in [0.4, 0.5) is 0 Å². The quantitative estimate of drug-likeness (QED) is 0.465. The van der Waals surface area contributed by atoms with Crippen LogP contribution in [0.15, 0.2) is 22.9 Å². The summed E-state index contributed by atoms with van der Waals surface area (Å²) in [6.07, 6.45) is 1.69. The Morgan fingerprint density at radius 1 is 1.75 bits per heavy atom. The first-order chi connectivity index (χ1) is 3.72. The zero-order valence-corrected chi connectivity index (χ0v) is 6.66. The molecule has 0 N–H and O–H groups in total. The summed E-state index contributed by atoms with van der Waals surface area (Å²) in [6, 6.07) is 0. The fourth-order valence-electron chi connectivity index (χ4n) is 0.241. The smallest absolute Gasteiger partial charge is 0.107 e. The summed E-state index contributed by atoms with van der Waals surface area (Å²) < 4.78 is 5.77. The van der Waals surface area contributed by atoms with Crippen molar-refractivity contribution >= 4 is 15.9 Å². The fourth-order valence-corrected chi connectivity index (χ4v) is 0.403. The molecule has 0 bridgehead atoms. The molecule has 0 spiro atoms. The summed E-state index contributed by atoms with van der Waals surface area (Å²) >= 11 is 3.24. The predicted octanol–water partition coefficient (Wildman–Crippen LogP) is 2.45. The highest BCUT2D eigenvalue weighted by atomic mass is 79.9.